The summed E-state index contributed by atoms with van der Waals surface area (Å²) in [5.74, 6) is 1.05. The van der Waals surface area contributed by atoms with E-state index in [0.717, 1.165) is 16.5 Å². The van der Waals surface area contributed by atoms with Crippen molar-refractivity contribution < 1.29 is 14.6 Å². The van der Waals surface area contributed by atoms with Crippen molar-refractivity contribution in [1.82, 2.24) is 9.88 Å². The summed E-state index contributed by atoms with van der Waals surface area (Å²) >= 11 is 3.42. The predicted molar refractivity (Wildman–Crippen MR) is 115 cm³/mol. The van der Waals surface area contributed by atoms with Crippen LogP contribution in [0, 0.1) is 0 Å². The van der Waals surface area contributed by atoms with Gasteiger partial charge in [0.1, 0.15) is 17.1 Å². The van der Waals surface area contributed by atoms with Crippen LogP contribution in [0.5, 0.6) is 17.4 Å². The molecule has 0 atom stereocenters. The minimum absolute atomic E-state index is 0.107. The number of amides is 1. The van der Waals surface area contributed by atoms with E-state index in [9.17, 15) is 9.90 Å². The Labute approximate surface area is 177 Å². The number of phenolic OH excluding ortho intramolecular Hbond substituents is 1. The summed E-state index contributed by atoms with van der Waals surface area (Å²) in [7, 11) is 0. The highest BCUT2D eigenvalue weighted by molar-refractivity contribution is 9.10. The van der Waals surface area contributed by atoms with Gasteiger partial charge in [-0.2, -0.15) is 0 Å². The molecule has 1 aliphatic rings. The smallest absolute Gasteiger partial charge is 0.259 e. The Morgan fingerprint density at radius 1 is 1.10 bits per heavy atom. The van der Waals surface area contributed by atoms with Gasteiger partial charge in [-0.15, -0.1) is 0 Å². The fourth-order valence-corrected chi connectivity index (χ4v) is 3.62. The summed E-state index contributed by atoms with van der Waals surface area (Å²) < 4.78 is 6.77. The lowest BCUT2D eigenvalue weighted by molar-refractivity contribution is 0.0769. The first-order valence-corrected chi connectivity index (χ1v) is 10.1. The summed E-state index contributed by atoms with van der Waals surface area (Å²) in [5, 5.41) is 9.45. The molecule has 2 heterocycles. The molecule has 0 bridgehead atoms. The zero-order valence-electron chi connectivity index (χ0n) is 15.6. The van der Waals surface area contributed by atoms with E-state index in [4.69, 9.17) is 4.74 Å². The van der Waals surface area contributed by atoms with Crippen LogP contribution in [-0.2, 0) is 0 Å². The van der Waals surface area contributed by atoms with Crippen LogP contribution < -0.4 is 4.74 Å². The molecule has 5 nitrogen and oxygen atoms in total. The number of hydrogen-bond acceptors (Lipinski definition) is 4. The first-order chi connectivity index (χ1) is 14.1. The number of carbonyl (C=O) groups excluding carboxylic acids is 1. The molecule has 0 aliphatic carbocycles. The van der Waals surface area contributed by atoms with Crippen molar-refractivity contribution in [3.8, 4) is 17.4 Å². The van der Waals surface area contributed by atoms with Crippen molar-refractivity contribution in [2.24, 2.45) is 0 Å². The summed E-state index contributed by atoms with van der Waals surface area (Å²) in [6.45, 7) is 1.12. The molecule has 1 amide bonds. The van der Waals surface area contributed by atoms with Gasteiger partial charge in [-0.3, -0.25) is 4.79 Å². The molecular weight excluding hydrogens is 432 g/mol. The minimum atomic E-state index is -0.107. The highest BCUT2D eigenvalue weighted by atomic mass is 79.9. The van der Waals surface area contributed by atoms with Gasteiger partial charge in [-0.25, -0.2) is 4.98 Å². The quantitative estimate of drug-likeness (QED) is 0.587. The largest absolute Gasteiger partial charge is 0.508 e. The van der Waals surface area contributed by atoms with Crippen LogP contribution in [0.2, 0.25) is 0 Å². The van der Waals surface area contributed by atoms with E-state index in [1.54, 1.807) is 35.4 Å². The molecule has 1 aliphatic heterocycles. The number of ether oxygens (including phenoxy) is 1. The van der Waals surface area contributed by atoms with E-state index in [1.807, 2.05) is 36.4 Å². The monoisotopic (exact) mass is 450 g/mol. The topological polar surface area (TPSA) is 62.7 Å². The lowest BCUT2D eigenvalue weighted by Gasteiger charge is -2.27. The van der Waals surface area contributed by atoms with Crippen molar-refractivity contribution in [2.75, 3.05) is 13.1 Å². The van der Waals surface area contributed by atoms with Crippen LogP contribution >= 0.6 is 15.9 Å². The molecule has 0 spiro atoms. The number of nitrogens with zero attached hydrogens (tertiary/aromatic N) is 2. The van der Waals surface area contributed by atoms with Crippen LogP contribution in [-0.4, -0.2) is 34.0 Å². The van der Waals surface area contributed by atoms with Crippen molar-refractivity contribution in [3.05, 3.63) is 88.5 Å². The zero-order valence-corrected chi connectivity index (χ0v) is 17.2. The third-order valence-electron chi connectivity index (χ3n) is 4.75. The molecule has 0 saturated carbocycles. The minimum Gasteiger partial charge on any atom is -0.508 e. The molecule has 6 heteroatoms. The summed E-state index contributed by atoms with van der Waals surface area (Å²) in [6, 6.07) is 18.0. The Hall–Kier alpha value is -3.12. The molecule has 2 aromatic carbocycles. The standard InChI is InChI=1S/C23H19BrN2O3/c24-18-3-1-4-20(15-18)29-22-21(5-2-12-25-22)23(28)26-13-10-17(11-14-26)16-6-8-19(27)9-7-16/h1-10,12,15,27H,11,13-14H2. The molecule has 0 unspecified atom stereocenters. The molecule has 146 valence electrons. The Balaban J connectivity index is 1.51. The van der Waals surface area contributed by atoms with E-state index >= 15 is 0 Å². The number of rotatable bonds is 4. The fraction of sp³-hybridized carbons (Fsp3) is 0.130. The van der Waals surface area contributed by atoms with E-state index in [-0.39, 0.29) is 11.7 Å². The maximum Gasteiger partial charge on any atom is 0.259 e. The SMILES string of the molecule is O=C(c1cccnc1Oc1cccc(Br)c1)N1CC=C(c2ccc(O)cc2)CC1. The Bertz CT molecular complexity index is 1060. The molecule has 0 saturated heterocycles. The molecule has 1 N–H and O–H groups in total. The lowest BCUT2D eigenvalue weighted by Crippen LogP contribution is -2.35. The average molecular weight is 451 g/mol. The number of halogens is 1. The van der Waals surface area contributed by atoms with Gasteiger partial charge >= 0.3 is 0 Å². The summed E-state index contributed by atoms with van der Waals surface area (Å²) in [4.78, 5) is 19.2. The van der Waals surface area contributed by atoms with Crippen molar-refractivity contribution in [3.63, 3.8) is 0 Å². The number of benzene rings is 2. The Kier molecular flexibility index (Phi) is 5.62. The summed E-state index contributed by atoms with van der Waals surface area (Å²) in [5.41, 5.74) is 2.68. The molecule has 1 aromatic heterocycles. The summed E-state index contributed by atoms with van der Waals surface area (Å²) in [6.07, 6.45) is 4.42. The van der Waals surface area contributed by atoms with E-state index in [1.165, 1.54) is 5.57 Å². The highest BCUT2D eigenvalue weighted by Gasteiger charge is 2.23. The van der Waals surface area contributed by atoms with Crippen LogP contribution in [0.3, 0.4) is 0 Å². The fourth-order valence-electron chi connectivity index (χ4n) is 3.24. The van der Waals surface area contributed by atoms with Gasteiger partial charge in [0.05, 0.1) is 0 Å². The number of pyridine rings is 1. The third-order valence-corrected chi connectivity index (χ3v) is 5.24. The highest BCUT2D eigenvalue weighted by Crippen LogP contribution is 2.28. The Morgan fingerprint density at radius 2 is 1.93 bits per heavy atom. The lowest BCUT2D eigenvalue weighted by atomic mass is 9.99. The second-order valence-electron chi connectivity index (χ2n) is 6.69. The number of phenols is 1. The molecule has 29 heavy (non-hydrogen) atoms. The predicted octanol–water partition coefficient (Wildman–Crippen LogP) is 5.27. The maximum atomic E-state index is 13.1. The van der Waals surface area contributed by atoms with Crippen molar-refractivity contribution in [1.29, 1.82) is 0 Å². The van der Waals surface area contributed by atoms with Crippen LogP contribution in [0.25, 0.3) is 5.57 Å². The van der Waals surface area contributed by atoms with Gasteiger partial charge in [0.25, 0.3) is 5.91 Å². The first-order valence-electron chi connectivity index (χ1n) is 9.26. The van der Waals surface area contributed by atoms with Crippen molar-refractivity contribution >= 4 is 27.4 Å². The molecule has 0 radical (unpaired) electrons. The average Bonchev–Trinajstić information content (AvgIpc) is 2.74. The normalized spacial score (nSPS) is 13.7. The number of carbonyl (C=O) groups is 1. The van der Waals surface area contributed by atoms with E-state index < -0.39 is 0 Å². The van der Waals surface area contributed by atoms with Crippen LogP contribution in [0.15, 0.2) is 77.4 Å². The maximum absolute atomic E-state index is 13.1. The third kappa shape index (κ3) is 4.49. The number of aromatic hydroxyl groups is 1. The molecule has 3 aromatic rings. The van der Waals surface area contributed by atoms with Gasteiger partial charge in [-0.1, -0.05) is 40.2 Å². The van der Waals surface area contributed by atoms with Gasteiger partial charge in [0, 0.05) is 23.8 Å². The van der Waals surface area contributed by atoms with Crippen molar-refractivity contribution in [2.45, 2.75) is 6.42 Å². The van der Waals surface area contributed by atoms with Crippen LogP contribution in [0.1, 0.15) is 22.3 Å². The second-order valence-corrected chi connectivity index (χ2v) is 7.61. The molecular formula is C23H19BrN2O3. The van der Waals surface area contributed by atoms with Gasteiger partial charge in [-0.05, 0) is 60.0 Å². The van der Waals surface area contributed by atoms with E-state index in [0.29, 0.717) is 30.3 Å². The molecule has 0 fully saturated rings. The second kappa shape index (κ2) is 8.49. The zero-order chi connectivity index (χ0) is 20.2. The van der Waals surface area contributed by atoms with Gasteiger partial charge in [0.15, 0.2) is 0 Å². The van der Waals surface area contributed by atoms with Crippen LogP contribution in [0.4, 0.5) is 0 Å². The first kappa shape index (κ1) is 19.2. The Morgan fingerprint density at radius 3 is 2.66 bits per heavy atom. The molecule has 4 rings (SSSR count). The van der Waals surface area contributed by atoms with Gasteiger partial charge in [0.2, 0.25) is 5.88 Å². The van der Waals surface area contributed by atoms with E-state index in [2.05, 4.69) is 27.0 Å². The number of aromatic nitrogens is 1. The van der Waals surface area contributed by atoms with Gasteiger partial charge < -0.3 is 14.7 Å². The number of hydrogen-bond donors (Lipinski definition) is 1.